The smallest absolute Gasteiger partial charge is 0.410 e. The zero-order valence-electron chi connectivity index (χ0n) is 17.6. The molecule has 162 valence electrons. The Morgan fingerprint density at radius 2 is 1.90 bits per heavy atom. The molecule has 0 aliphatic carbocycles. The Balaban J connectivity index is 1.27. The minimum atomic E-state index is -0.118. The molecule has 0 N–H and O–H groups in total. The van der Waals surface area contributed by atoms with E-state index in [2.05, 4.69) is 45.7 Å². The summed E-state index contributed by atoms with van der Waals surface area (Å²) >= 11 is 2.38. The lowest BCUT2D eigenvalue weighted by Gasteiger charge is -2.47. The van der Waals surface area contributed by atoms with Gasteiger partial charge in [-0.2, -0.15) is 0 Å². The molecule has 4 aliphatic rings. The highest BCUT2D eigenvalue weighted by Crippen LogP contribution is 2.48. The molecule has 4 heterocycles. The van der Waals surface area contributed by atoms with Crippen molar-refractivity contribution < 1.29 is 14.3 Å². The van der Waals surface area contributed by atoms with Crippen LogP contribution in [0.4, 0.5) is 10.5 Å². The van der Waals surface area contributed by atoms with Gasteiger partial charge in [-0.15, -0.1) is 0 Å². The summed E-state index contributed by atoms with van der Waals surface area (Å²) in [7, 11) is 0. The molecule has 4 aliphatic heterocycles. The van der Waals surface area contributed by atoms with Crippen LogP contribution in [0.3, 0.4) is 0 Å². The van der Waals surface area contributed by atoms with E-state index in [1.165, 1.54) is 9.13 Å². The van der Waals surface area contributed by atoms with Gasteiger partial charge < -0.3 is 19.4 Å². The molecule has 1 aromatic rings. The van der Waals surface area contributed by atoms with Crippen molar-refractivity contribution in [3.63, 3.8) is 0 Å². The van der Waals surface area contributed by atoms with Gasteiger partial charge >= 0.3 is 6.09 Å². The van der Waals surface area contributed by atoms with Gasteiger partial charge in [-0.25, -0.2) is 4.79 Å². The van der Waals surface area contributed by atoms with Crippen LogP contribution in [0.5, 0.6) is 0 Å². The summed E-state index contributed by atoms with van der Waals surface area (Å²) in [5, 5.41) is 0. The highest BCUT2D eigenvalue weighted by atomic mass is 127. The minimum Gasteiger partial charge on any atom is -0.450 e. The summed E-state index contributed by atoms with van der Waals surface area (Å²) in [5.74, 6) is 0. The molecule has 1 aromatic carbocycles. The third-order valence-corrected chi connectivity index (χ3v) is 8.57. The fraction of sp³-hybridized carbons (Fsp3) is 0.652. The van der Waals surface area contributed by atoms with Crippen molar-refractivity contribution in [3.05, 3.63) is 27.3 Å². The maximum Gasteiger partial charge on any atom is 0.410 e. The molecular weight excluding hydrogens is 493 g/mol. The second kappa shape index (κ2) is 7.97. The van der Waals surface area contributed by atoms with Crippen LogP contribution in [0.1, 0.15) is 51.0 Å². The first-order valence-electron chi connectivity index (χ1n) is 11.3. The number of benzene rings is 1. The van der Waals surface area contributed by atoms with Gasteiger partial charge in [-0.1, -0.05) is 0 Å². The van der Waals surface area contributed by atoms with Crippen LogP contribution < -0.4 is 4.90 Å². The number of hydrogen-bond donors (Lipinski definition) is 0. The lowest BCUT2D eigenvalue weighted by atomic mass is 9.73. The molecule has 2 atom stereocenters. The van der Waals surface area contributed by atoms with Crippen molar-refractivity contribution >= 4 is 40.8 Å². The third kappa shape index (κ3) is 3.32. The maximum absolute atomic E-state index is 12.4. The lowest BCUT2D eigenvalue weighted by molar-refractivity contribution is -0.107. The highest BCUT2D eigenvalue weighted by molar-refractivity contribution is 14.1. The minimum absolute atomic E-state index is 0.0958. The van der Waals surface area contributed by atoms with E-state index < -0.39 is 0 Å². The van der Waals surface area contributed by atoms with E-state index in [1.54, 1.807) is 0 Å². The van der Waals surface area contributed by atoms with Crippen LogP contribution in [0.15, 0.2) is 18.2 Å². The SMILES string of the molecule is CCOC(=O)N1C2CCC1CC(N1CCC3(CC1)CN(C=O)c1ccc(I)cc13)C2. The van der Waals surface area contributed by atoms with Crippen LogP contribution in [-0.2, 0) is 14.9 Å². The summed E-state index contributed by atoms with van der Waals surface area (Å²) < 4.78 is 6.55. The normalized spacial score (nSPS) is 29.9. The number of halogens is 1. The number of carbonyl (C=O) groups excluding carboxylic acids is 2. The zero-order valence-corrected chi connectivity index (χ0v) is 19.7. The van der Waals surface area contributed by atoms with Gasteiger partial charge in [0.05, 0.1) is 6.61 Å². The average molecular weight is 523 g/mol. The number of likely N-dealkylation sites (tertiary alicyclic amines) is 1. The standard InChI is InChI=1S/C23H30IN3O3/c1-2-30-22(29)27-17-4-5-18(27)13-19(12-17)25-9-7-23(8-10-25)14-26(15-28)21-6-3-16(24)11-20(21)23/h3,6,11,15,17-19H,2,4-5,7-10,12-14H2,1H3. The fourth-order valence-electron chi connectivity index (χ4n) is 6.46. The monoisotopic (exact) mass is 523 g/mol. The van der Waals surface area contributed by atoms with Crippen molar-refractivity contribution in [1.82, 2.24) is 9.80 Å². The number of carbonyl (C=O) groups is 2. The second-order valence-corrected chi connectivity index (χ2v) is 10.6. The van der Waals surface area contributed by atoms with Gasteiger partial charge in [0.25, 0.3) is 0 Å². The Bertz CT molecular complexity index is 825. The summed E-state index contributed by atoms with van der Waals surface area (Å²) in [6, 6.07) is 7.72. The van der Waals surface area contributed by atoms with E-state index in [0.29, 0.717) is 24.7 Å². The number of nitrogens with zero attached hydrogens (tertiary/aromatic N) is 3. The number of ether oxygens (including phenoxy) is 1. The number of hydrogen-bond acceptors (Lipinski definition) is 4. The molecule has 7 heteroatoms. The first-order valence-corrected chi connectivity index (χ1v) is 12.3. The Morgan fingerprint density at radius 1 is 1.20 bits per heavy atom. The predicted molar refractivity (Wildman–Crippen MR) is 124 cm³/mol. The van der Waals surface area contributed by atoms with Gasteiger partial charge in [0, 0.05) is 39.3 Å². The fourth-order valence-corrected chi connectivity index (χ4v) is 6.95. The molecule has 2 bridgehead atoms. The van der Waals surface area contributed by atoms with Crippen LogP contribution in [-0.4, -0.2) is 66.7 Å². The first-order chi connectivity index (χ1) is 14.5. The summed E-state index contributed by atoms with van der Waals surface area (Å²) in [6.45, 7) is 5.28. The van der Waals surface area contributed by atoms with E-state index in [9.17, 15) is 9.59 Å². The molecule has 0 aromatic heterocycles. The Hall–Kier alpha value is -1.35. The van der Waals surface area contributed by atoms with Crippen LogP contribution in [0, 0.1) is 3.57 Å². The van der Waals surface area contributed by atoms with E-state index in [1.807, 2.05) is 16.7 Å². The number of amides is 2. The highest BCUT2D eigenvalue weighted by Gasteiger charge is 2.49. The van der Waals surface area contributed by atoms with Crippen molar-refractivity contribution in [2.75, 3.05) is 31.1 Å². The first kappa shape index (κ1) is 20.5. The average Bonchev–Trinajstić information content (AvgIpc) is 3.19. The van der Waals surface area contributed by atoms with Gasteiger partial charge in [0.1, 0.15) is 0 Å². The Kier molecular flexibility index (Phi) is 5.46. The third-order valence-electron chi connectivity index (χ3n) is 7.90. The molecule has 5 rings (SSSR count). The summed E-state index contributed by atoms with van der Waals surface area (Å²) in [6.07, 6.45) is 7.42. The van der Waals surface area contributed by atoms with E-state index >= 15 is 0 Å². The molecule has 1 spiro atoms. The summed E-state index contributed by atoms with van der Waals surface area (Å²) in [4.78, 5) is 30.6. The zero-order chi connectivity index (χ0) is 20.9. The van der Waals surface area contributed by atoms with Crippen LogP contribution >= 0.6 is 22.6 Å². The summed E-state index contributed by atoms with van der Waals surface area (Å²) in [5.41, 5.74) is 2.55. The van der Waals surface area contributed by atoms with Gasteiger partial charge in [0.2, 0.25) is 6.41 Å². The second-order valence-electron chi connectivity index (χ2n) is 9.33. The van der Waals surface area contributed by atoms with Crippen LogP contribution in [0.2, 0.25) is 0 Å². The molecule has 2 amide bonds. The van der Waals surface area contributed by atoms with E-state index in [4.69, 9.17) is 4.74 Å². The Labute approximate surface area is 192 Å². The lowest BCUT2D eigenvalue weighted by Crippen LogP contribution is -2.55. The number of piperidine rings is 2. The number of rotatable bonds is 3. The van der Waals surface area contributed by atoms with Crippen molar-refractivity contribution in [2.45, 2.75) is 69.0 Å². The molecule has 6 nitrogen and oxygen atoms in total. The van der Waals surface area contributed by atoms with Crippen molar-refractivity contribution in [1.29, 1.82) is 0 Å². The van der Waals surface area contributed by atoms with Gasteiger partial charge in [-0.05, 0) is 105 Å². The predicted octanol–water partition coefficient (Wildman–Crippen LogP) is 3.75. The molecule has 30 heavy (non-hydrogen) atoms. The van der Waals surface area contributed by atoms with E-state index in [-0.39, 0.29) is 11.5 Å². The van der Waals surface area contributed by atoms with Gasteiger partial charge in [0.15, 0.2) is 0 Å². The quantitative estimate of drug-likeness (QED) is 0.448. The van der Waals surface area contributed by atoms with Crippen molar-refractivity contribution in [2.24, 2.45) is 0 Å². The number of anilines is 1. The maximum atomic E-state index is 12.4. The van der Waals surface area contributed by atoms with Crippen LogP contribution in [0.25, 0.3) is 0 Å². The molecule has 0 saturated carbocycles. The Morgan fingerprint density at radius 3 is 2.53 bits per heavy atom. The molecule has 2 unspecified atom stereocenters. The number of fused-ring (bicyclic) bond motifs is 4. The van der Waals surface area contributed by atoms with E-state index in [0.717, 1.165) is 70.3 Å². The van der Waals surface area contributed by atoms with Gasteiger partial charge in [-0.3, -0.25) is 4.79 Å². The molecule has 3 fully saturated rings. The largest absolute Gasteiger partial charge is 0.450 e. The topological polar surface area (TPSA) is 53.1 Å². The van der Waals surface area contributed by atoms with Crippen molar-refractivity contribution in [3.8, 4) is 0 Å². The molecular formula is C23H30IN3O3. The molecule has 3 saturated heterocycles. The molecule has 0 radical (unpaired) electrons.